The Kier molecular flexibility index (Phi) is 6.70. The van der Waals surface area contributed by atoms with Gasteiger partial charge in [0.2, 0.25) is 0 Å². The highest BCUT2D eigenvalue weighted by Gasteiger charge is 2.46. The van der Waals surface area contributed by atoms with Gasteiger partial charge in [0.05, 0.1) is 30.5 Å². The average molecular weight is 464 g/mol. The fourth-order valence-corrected chi connectivity index (χ4v) is 4.32. The number of Topliss-reactive ketones (excluding diaryl/α,β-unsaturated/α-hetero) is 1. The number of aromatic nitrogens is 2. The van der Waals surface area contributed by atoms with Gasteiger partial charge in [-0.2, -0.15) is 0 Å². The minimum absolute atomic E-state index is 0.0119. The summed E-state index contributed by atoms with van der Waals surface area (Å²) >= 11 is 0. The molecule has 1 unspecified atom stereocenters. The van der Waals surface area contributed by atoms with Crippen LogP contribution in [0.3, 0.4) is 0 Å². The number of hydrogen-bond donors (Lipinski definition) is 1. The van der Waals surface area contributed by atoms with E-state index in [1.165, 1.54) is 12.0 Å². The maximum atomic E-state index is 13.2. The number of rotatable bonds is 8. The highest BCUT2D eigenvalue weighted by molar-refractivity contribution is 6.46. The number of aliphatic hydroxyl groups is 1. The van der Waals surface area contributed by atoms with Crippen LogP contribution in [0.4, 0.5) is 0 Å². The summed E-state index contributed by atoms with van der Waals surface area (Å²) in [7, 11) is 1.53. The summed E-state index contributed by atoms with van der Waals surface area (Å²) in [5, 5.41) is 11.4. The lowest BCUT2D eigenvalue weighted by Gasteiger charge is -2.25. The van der Waals surface area contributed by atoms with Gasteiger partial charge in [-0.15, -0.1) is 0 Å². The zero-order valence-electron chi connectivity index (χ0n) is 19.9. The van der Waals surface area contributed by atoms with Crippen molar-refractivity contribution in [1.29, 1.82) is 0 Å². The fourth-order valence-electron chi connectivity index (χ4n) is 4.32. The molecule has 3 aromatic rings. The third kappa shape index (κ3) is 4.05. The van der Waals surface area contributed by atoms with Gasteiger partial charge in [0.25, 0.3) is 11.7 Å². The molecule has 1 N–H and O–H groups in total. The molecule has 8 heteroatoms. The molecule has 4 rings (SSSR count). The molecule has 8 nitrogen and oxygen atoms in total. The molecule has 1 amide bonds. The van der Waals surface area contributed by atoms with E-state index in [-0.39, 0.29) is 30.2 Å². The van der Waals surface area contributed by atoms with Crippen LogP contribution in [0.1, 0.15) is 41.9 Å². The van der Waals surface area contributed by atoms with Crippen LogP contribution in [-0.2, 0) is 14.3 Å². The molecule has 178 valence electrons. The standard InChI is InChI=1S/C26H29N3O5/c1-5-13-34-19-10-6-9-18(15-19)22-20(24(31)26(32)29(22)12-14-33-4)23(30)21-17(3)28-11-7-8-16(2)25(28)27-21/h6-11,15,22,30H,5,12-14H2,1-4H3. The van der Waals surface area contributed by atoms with Gasteiger partial charge in [0, 0.05) is 19.9 Å². The first-order valence-electron chi connectivity index (χ1n) is 11.3. The molecule has 0 aliphatic carbocycles. The number of nitrogens with zero attached hydrogens (tertiary/aromatic N) is 3. The third-order valence-corrected chi connectivity index (χ3v) is 6.03. The first-order chi connectivity index (χ1) is 16.4. The van der Waals surface area contributed by atoms with E-state index in [4.69, 9.17) is 9.47 Å². The molecular weight excluding hydrogens is 434 g/mol. The normalized spacial score (nSPS) is 17.6. The molecule has 1 fully saturated rings. The number of fused-ring (bicyclic) bond motifs is 1. The summed E-state index contributed by atoms with van der Waals surface area (Å²) in [6, 6.07) is 10.3. The molecule has 1 aromatic carbocycles. The van der Waals surface area contributed by atoms with E-state index in [2.05, 4.69) is 4.98 Å². The number of carbonyl (C=O) groups excluding carboxylic acids is 2. The van der Waals surface area contributed by atoms with Gasteiger partial charge in [-0.1, -0.05) is 25.1 Å². The number of pyridine rings is 1. The van der Waals surface area contributed by atoms with Crippen molar-refractivity contribution in [3.05, 3.63) is 70.7 Å². The Hall–Kier alpha value is -3.65. The smallest absolute Gasteiger partial charge is 0.295 e. The number of imidazole rings is 1. The minimum atomic E-state index is -0.786. The second kappa shape index (κ2) is 9.69. The van der Waals surface area contributed by atoms with E-state index in [1.54, 1.807) is 6.07 Å². The van der Waals surface area contributed by atoms with Crippen molar-refractivity contribution in [2.24, 2.45) is 0 Å². The molecule has 0 bridgehead atoms. The summed E-state index contributed by atoms with van der Waals surface area (Å²) in [5.74, 6) is -1.08. The van der Waals surface area contributed by atoms with Crippen molar-refractivity contribution in [1.82, 2.24) is 14.3 Å². The maximum Gasteiger partial charge on any atom is 0.295 e. The molecule has 34 heavy (non-hydrogen) atoms. The summed E-state index contributed by atoms with van der Waals surface area (Å²) in [6.07, 6.45) is 2.70. The summed E-state index contributed by atoms with van der Waals surface area (Å²) in [6.45, 7) is 6.77. The summed E-state index contributed by atoms with van der Waals surface area (Å²) < 4.78 is 12.8. The summed E-state index contributed by atoms with van der Waals surface area (Å²) in [4.78, 5) is 32.3. The Morgan fingerprint density at radius 2 is 1.94 bits per heavy atom. The monoisotopic (exact) mass is 463 g/mol. The second-order valence-electron chi connectivity index (χ2n) is 8.34. The number of amides is 1. The maximum absolute atomic E-state index is 13.2. The predicted molar refractivity (Wildman–Crippen MR) is 128 cm³/mol. The van der Waals surface area contributed by atoms with Crippen molar-refractivity contribution in [3.63, 3.8) is 0 Å². The molecule has 1 saturated heterocycles. The van der Waals surface area contributed by atoms with E-state index < -0.39 is 17.7 Å². The predicted octanol–water partition coefficient (Wildman–Crippen LogP) is 3.81. The van der Waals surface area contributed by atoms with Crippen LogP contribution in [0.15, 0.2) is 48.2 Å². The number of benzene rings is 1. The van der Waals surface area contributed by atoms with E-state index in [1.807, 2.05) is 61.7 Å². The number of carbonyl (C=O) groups is 2. The van der Waals surface area contributed by atoms with Crippen LogP contribution in [0, 0.1) is 13.8 Å². The number of ether oxygens (including phenoxy) is 2. The van der Waals surface area contributed by atoms with E-state index in [9.17, 15) is 14.7 Å². The molecule has 0 spiro atoms. The first kappa shape index (κ1) is 23.5. The van der Waals surface area contributed by atoms with Crippen molar-refractivity contribution in [2.45, 2.75) is 33.2 Å². The van der Waals surface area contributed by atoms with Crippen LogP contribution in [-0.4, -0.2) is 57.9 Å². The molecule has 0 radical (unpaired) electrons. The van der Waals surface area contributed by atoms with Crippen LogP contribution in [0.25, 0.3) is 11.4 Å². The highest BCUT2D eigenvalue weighted by Crippen LogP contribution is 2.40. The van der Waals surface area contributed by atoms with Gasteiger partial charge in [-0.3, -0.25) is 9.59 Å². The number of likely N-dealkylation sites (tertiary alicyclic amines) is 1. The van der Waals surface area contributed by atoms with Gasteiger partial charge >= 0.3 is 0 Å². The molecular formula is C26H29N3O5. The zero-order valence-corrected chi connectivity index (χ0v) is 19.9. The Morgan fingerprint density at radius 1 is 1.15 bits per heavy atom. The van der Waals surface area contributed by atoms with E-state index in [0.717, 1.165) is 12.0 Å². The van der Waals surface area contributed by atoms with Crippen LogP contribution in [0.2, 0.25) is 0 Å². The summed E-state index contributed by atoms with van der Waals surface area (Å²) in [5.41, 5.74) is 3.26. The van der Waals surface area contributed by atoms with Gasteiger partial charge in [-0.05, 0) is 49.6 Å². The zero-order chi connectivity index (χ0) is 24.4. The number of methoxy groups -OCH3 is 1. The van der Waals surface area contributed by atoms with E-state index in [0.29, 0.717) is 29.3 Å². The number of aliphatic hydroxyl groups excluding tert-OH is 1. The molecule has 1 aliphatic rings. The number of ketones is 1. The van der Waals surface area contributed by atoms with Gasteiger partial charge in [-0.25, -0.2) is 4.98 Å². The topological polar surface area (TPSA) is 93.4 Å². The Bertz CT molecular complexity index is 1280. The lowest BCUT2D eigenvalue weighted by Crippen LogP contribution is -2.32. The molecule has 0 saturated carbocycles. The van der Waals surface area contributed by atoms with Crippen LogP contribution >= 0.6 is 0 Å². The number of hydrogen-bond acceptors (Lipinski definition) is 6. The van der Waals surface area contributed by atoms with Gasteiger partial charge in [0.15, 0.2) is 5.76 Å². The van der Waals surface area contributed by atoms with Gasteiger partial charge in [0.1, 0.15) is 17.1 Å². The van der Waals surface area contributed by atoms with Crippen molar-refractivity contribution < 1.29 is 24.2 Å². The fraction of sp³-hybridized carbons (Fsp3) is 0.346. The largest absolute Gasteiger partial charge is 0.505 e. The molecule has 1 atom stereocenters. The number of aryl methyl sites for hydroxylation is 2. The van der Waals surface area contributed by atoms with E-state index >= 15 is 0 Å². The second-order valence-corrected chi connectivity index (χ2v) is 8.34. The van der Waals surface area contributed by atoms with Crippen LogP contribution < -0.4 is 4.74 Å². The van der Waals surface area contributed by atoms with Crippen molar-refractivity contribution >= 4 is 23.1 Å². The average Bonchev–Trinajstić information content (AvgIpc) is 3.31. The van der Waals surface area contributed by atoms with Gasteiger partial charge < -0.3 is 23.9 Å². The van der Waals surface area contributed by atoms with Crippen molar-refractivity contribution in [2.75, 3.05) is 26.9 Å². The lowest BCUT2D eigenvalue weighted by atomic mass is 9.96. The first-order valence-corrected chi connectivity index (χ1v) is 11.3. The lowest BCUT2D eigenvalue weighted by molar-refractivity contribution is -0.140. The highest BCUT2D eigenvalue weighted by atomic mass is 16.5. The Morgan fingerprint density at radius 3 is 2.65 bits per heavy atom. The van der Waals surface area contributed by atoms with Crippen molar-refractivity contribution in [3.8, 4) is 5.75 Å². The molecule has 2 aromatic heterocycles. The Balaban J connectivity index is 1.89. The minimum Gasteiger partial charge on any atom is -0.505 e. The molecule has 3 heterocycles. The third-order valence-electron chi connectivity index (χ3n) is 6.03. The van der Waals surface area contributed by atoms with Crippen LogP contribution in [0.5, 0.6) is 5.75 Å². The molecule has 1 aliphatic heterocycles. The quantitative estimate of drug-likeness (QED) is 0.310. The Labute approximate surface area is 198 Å². The SMILES string of the molecule is CCCOc1cccc(C2C(=C(O)c3nc4c(C)cccn4c3C)C(=O)C(=O)N2CCOC)c1.